The van der Waals surface area contributed by atoms with Crippen LogP contribution in [0.25, 0.3) is 0 Å². The summed E-state index contributed by atoms with van der Waals surface area (Å²) in [4.78, 5) is 0. The van der Waals surface area contributed by atoms with Gasteiger partial charge < -0.3 is 9.29 Å². The van der Waals surface area contributed by atoms with Gasteiger partial charge in [0.1, 0.15) is 0 Å². The van der Waals surface area contributed by atoms with Crippen LogP contribution in [0.3, 0.4) is 0 Å². The highest BCUT2D eigenvalue weighted by molar-refractivity contribution is 7.79. The Morgan fingerprint density at radius 3 is 2.67 bits per heavy atom. The Kier molecular flexibility index (Phi) is 4.94. The van der Waals surface area contributed by atoms with Gasteiger partial charge >= 0.3 is 0 Å². The average Bonchev–Trinajstić information content (AvgIpc) is 1.63. The van der Waals surface area contributed by atoms with Crippen LogP contribution >= 0.6 is 0 Å². The van der Waals surface area contributed by atoms with E-state index >= 15 is 0 Å². The van der Waals surface area contributed by atoms with Gasteiger partial charge in [0.25, 0.3) is 0 Å². The first-order valence-electron chi connectivity index (χ1n) is 2.84. The molecule has 56 valence electrons. The van der Waals surface area contributed by atoms with E-state index in [1.165, 1.54) is 0 Å². The summed E-state index contributed by atoms with van der Waals surface area (Å²) in [5.74, 6) is 0.0911. The van der Waals surface area contributed by atoms with Gasteiger partial charge in [0, 0.05) is 12.4 Å². The average molecular weight is 151 g/mol. The molecule has 0 saturated heterocycles. The molecule has 0 aliphatic heterocycles. The highest BCUT2D eigenvalue weighted by Crippen LogP contribution is 1.90. The summed E-state index contributed by atoms with van der Waals surface area (Å²) in [6.07, 6.45) is -0.173. The Bertz CT molecular complexity index is 94.2. The van der Waals surface area contributed by atoms with Gasteiger partial charge in [-0.1, -0.05) is 11.1 Å². The van der Waals surface area contributed by atoms with Crippen LogP contribution in [0.1, 0.15) is 13.8 Å². The maximum absolute atomic E-state index is 10.0. The Balaban J connectivity index is 3.26. The molecule has 3 nitrogen and oxygen atoms in total. The number of hydrogen-bond acceptors (Lipinski definition) is 3. The zero-order valence-corrected chi connectivity index (χ0v) is 6.44. The minimum atomic E-state index is -1.97. The molecule has 0 aromatic heterocycles. The molecule has 2 unspecified atom stereocenters. The summed E-state index contributed by atoms with van der Waals surface area (Å²) in [5, 5.41) is 0. The van der Waals surface area contributed by atoms with Gasteiger partial charge in [0.05, 0.1) is 6.10 Å². The molecule has 4 heteroatoms. The second kappa shape index (κ2) is 4.90. The van der Waals surface area contributed by atoms with Gasteiger partial charge in [0.15, 0.2) is 0 Å². The monoisotopic (exact) mass is 151 g/mol. The zero-order valence-electron chi connectivity index (χ0n) is 5.62. The smallest absolute Gasteiger partial charge is 0.0650 e. The Morgan fingerprint density at radius 1 is 1.78 bits per heavy atom. The first-order valence-corrected chi connectivity index (χ1v) is 4.08. The van der Waals surface area contributed by atoms with E-state index in [1.807, 2.05) is 6.92 Å². The topological polar surface area (TPSA) is 49.4 Å². The molecule has 0 spiro atoms. The van der Waals surface area contributed by atoms with E-state index in [1.54, 1.807) is 6.92 Å². The van der Waals surface area contributed by atoms with Gasteiger partial charge in [0.2, 0.25) is 0 Å². The normalized spacial score (nSPS) is 17.2. The van der Waals surface area contributed by atoms with Gasteiger partial charge in [-0.3, -0.25) is 4.21 Å². The fraction of sp³-hybridized carbons (Fsp3) is 1.00. The minimum Gasteiger partial charge on any atom is -0.772 e. The van der Waals surface area contributed by atoms with Crippen molar-refractivity contribution in [1.82, 2.24) is 0 Å². The third kappa shape index (κ3) is 5.95. The van der Waals surface area contributed by atoms with Crippen molar-refractivity contribution in [2.45, 2.75) is 20.0 Å². The Labute approximate surface area is 57.7 Å². The molecule has 0 radical (unpaired) electrons. The maximum atomic E-state index is 10.0. The predicted octanol–water partition coefficient (Wildman–Crippen LogP) is 0.290. The van der Waals surface area contributed by atoms with Gasteiger partial charge in [-0.2, -0.15) is 0 Å². The van der Waals surface area contributed by atoms with Crippen LogP contribution in [0.15, 0.2) is 0 Å². The van der Waals surface area contributed by atoms with Crippen molar-refractivity contribution in [3.63, 3.8) is 0 Å². The van der Waals surface area contributed by atoms with E-state index in [9.17, 15) is 8.76 Å². The van der Waals surface area contributed by atoms with Crippen molar-refractivity contribution in [3.8, 4) is 0 Å². The van der Waals surface area contributed by atoms with Crippen LogP contribution < -0.4 is 0 Å². The largest absolute Gasteiger partial charge is 0.772 e. The minimum absolute atomic E-state index is 0.0911. The van der Waals surface area contributed by atoms with E-state index in [2.05, 4.69) is 0 Å². The summed E-state index contributed by atoms with van der Waals surface area (Å²) in [6, 6.07) is 0. The zero-order chi connectivity index (χ0) is 7.28. The second-order valence-electron chi connectivity index (χ2n) is 1.74. The van der Waals surface area contributed by atoms with Gasteiger partial charge in [-0.25, -0.2) is 0 Å². The first kappa shape index (κ1) is 9.07. The summed E-state index contributed by atoms with van der Waals surface area (Å²) in [7, 11) is 0. The molecule has 0 aromatic rings. The van der Waals surface area contributed by atoms with Crippen LogP contribution in [0.5, 0.6) is 0 Å². The molecule has 0 bridgehead atoms. The molecule has 0 rings (SSSR count). The van der Waals surface area contributed by atoms with Crippen molar-refractivity contribution in [1.29, 1.82) is 0 Å². The Hall–Kier alpha value is 0.0700. The molecule has 0 aromatic carbocycles. The van der Waals surface area contributed by atoms with E-state index < -0.39 is 11.1 Å². The summed E-state index contributed by atoms with van der Waals surface area (Å²) < 4.78 is 25.0. The number of ether oxygens (including phenoxy) is 1. The third-order valence-corrected chi connectivity index (χ3v) is 1.56. The van der Waals surface area contributed by atoms with Gasteiger partial charge in [-0.15, -0.1) is 0 Å². The molecule has 9 heavy (non-hydrogen) atoms. The predicted molar refractivity (Wildman–Crippen MR) is 34.9 cm³/mol. The molecular formula is C5H11O3S-. The summed E-state index contributed by atoms with van der Waals surface area (Å²) >= 11 is -1.97. The van der Waals surface area contributed by atoms with Crippen LogP contribution in [-0.2, 0) is 15.8 Å². The maximum Gasteiger partial charge on any atom is 0.0650 e. The summed E-state index contributed by atoms with van der Waals surface area (Å²) in [6.45, 7) is 4.14. The highest BCUT2D eigenvalue weighted by Gasteiger charge is 1.98. The molecule has 0 saturated carbocycles. The second-order valence-corrected chi connectivity index (χ2v) is 2.68. The lowest BCUT2D eigenvalue weighted by atomic mass is 10.5. The highest BCUT2D eigenvalue weighted by atomic mass is 32.2. The SMILES string of the molecule is CCOC(C)CS(=O)[O-]. The molecule has 0 amide bonds. The molecule has 0 N–H and O–H groups in total. The van der Waals surface area contributed by atoms with Crippen LogP contribution in [0.4, 0.5) is 0 Å². The lowest BCUT2D eigenvalue weighted by molar-refractivity contribution is 0.0916. The quantitative estimate of drug-likeness (QED) is 0.543. The first-order chi connectivity index (χ1) is 4.16. The molecule has 0 heterocycles. The fourth-order valence-corrected chi connectivity index (χ4v) is 1.00. The molecule has 2 atom stereocenters. The molecule has 0 aliphatic carbocycles. The number of rotatable bonds is 4. The fourth-order valence-electron chi connectivity index (χ4n) is 0.524. The van der Waals surface area contributed by atoms with Crippen molar-refractivity contribution < 1.29 is 13.5 Å². The van der Waals surface area contributed by atoms with Crippen LogP contribution in [0.2, 0.25) is 0 Å². The van der Waals surface area contributed by atoms with E-state index in [0.29, 0.717) is 6.61 Å². The van der Waals surface area contributed by atoms with Crippen molar-refractivity contribution >= 4 is 11.1 Å². The van der Waals surface area contributed by atoms with Crippen LogP contribution in [-0.4, -0.2) is 27.2 Å². The third-order valence-electron chi connectivity index (χ3n) is 0.822. The summed E-state index contributed by atoms with van der Waals surface area (Å²) in [5.41, 5.74) is 0. The van der Waals surface area contributed by atoms with Crippen LogP contribution in [0, 0.1) is 0 Å². The Morgan fingerprint density at radius 2 is 2.33 bits per heavy atom. The number of hydrogen-bond donors (Lipinski definition) is 0. The van der Waals surface area contributed by atoms with E-state index in [0.717, 1.165) is 0 Å². The molecule has 0 aliphatic rings. The standard InChI is InChI=1S/C5H12O3S/c1-3-8-5(2)4-9(6)7/h5H,3-4H2,1-2H3,(H,6,7)/p-1. The van der Waals surface area contributed by atoms with Crippen molar-refractivity contribution in [2.24, 2.45) is 0 Å². The van der Waals surface area contributed by atoms with Crippen molar-refractivity contribution in [2.75, 3.05) is 12.4 Å². The molecule has 0 fully saturated rings. The van der Waals surface area contributed by atoms with Crippen molar-refractivity contribution in [3.05, 3.63) is 0 Å². The lowest BCUT2D eigenvalue weighted by Crippen LogP contribution is -2.16. The molecular weight excluding hydrogens is 140 g/mol. The van der Waals surface area contributed by atoms with E-state index in [4.69, 9.17) is 4.74 Å². The van der Waals surface area contributed by atoms with E-state index in [-0.39, 0.29) is 11.9 Å². The lowest BCUT2D eigenvalue weighted by Gasteiger charge is -2.12. The van der Waals surface area contributed by atoms with Gasteiger partial charge in [-0.05, 0) is 13.8 Å².